The van der Waals surface area contributed by atoms with Crippen molar-refractivity contribution < 1.29 is 0 Å². The van der Waals surface area contributed by atoms with Gasteiger partial charge in [0.25, 0.3) is 0 Å². The fourth-order valence-electron chi connectivity index (χ4n) is 2.11. The maximum atomic E-state index is 4.49. The second-order valence-corrected chi connectivity index (χ2v) is 4.47. The van der Waals surface area contributed by atoms with E-state index >= 15 is 0 Å². The van der Waals surface area contributed by atoms with E-state index in [1.807, 2.05) is 37.4 Å². The molecule has 3 rings (SSSR count). The fourth-order valence-corrected chi connectivity index (χ4v) is 2.11. The predicted molar refractivity (Wildman–Crippen MR) is 80.2 cm³/mol. The molecule has 0 fully saturated rings. The Morgan fingerprint density at radius 1 is 0.947 bits per heavy atom. The van der Waals surface area contributed by atoms with Crippen LogP contribution in [0.2, 0.25) is 0 Å². The van der Waals surface area contributed by atoms with Crippen LogP contribution in [0.3, 0.4) is 0 Å². The molecule has 0 bridgehead atoms. The molecule has 1 heterocycles. The SMILES string of the molecule is Cc1cccnc1/N=C/c1cccc2ccccc12. The molecule has 19 heavy (non-hydrogen) atoms. The van der Waals surface area contributed by atoms with E-state index in [-0.39, 0.29) is 0 Å². The highest BCUT2D eigenvalue weighted by molar-refractivity contribution is 6.00. The molecular formula is C17H14N2. The van der Waals surface area contributed by atoms with Crippen LogP contribution in [0.15, 0.2) is 65.8 Å². The van der Waals surface area contributed by atoms with Gasteiger partial charge >= 0.3 is 0 Å². The summed E-state index contributed by atoms with van der Waals surface area (Å²) in [5.41, 5.74) is 2.20. The summed E-state index contributed by atoms with van der Waals surface area (Å²) in [7, 11) is 0. The summed E-state index contributed by atoms with van der Waals surface area (Å²) in [6.07, 6.45) is 3.65. The molecule has 0 N–H and O–H groups in total. The molecule has 2 aromatic carbocycles. The predicted octanol–water partition coefficient (Wildman–Crippen LogP) is 4.29. The molecule has 3 aromatic rings. The average molecular weight is 246 g/mol. The smallest absolute Gasteiger partial charge is 0.154 e. The second kappa shape index (κ2) is 5.02. The fraction of sp³-hybridized carbons (Fsp3) is 0.0588. The van der Waals surface area contributed by atoms with Crippen LogP contribution in [0.5, 0.6) is 0 Å². The third-order valence-corrected chi connectivity index (χ3v) is 3.13. The molecule has 0 aliphatic carbocycles. The van der Waals surface area contributed by atoms with Gasteiger partial charge in [-0.3, -0.25) is 0 Å². The van der Waals surface area contributed by atoms with Crippen molar-refractivity contribution in [3.63, 3.8) is 0 Å². The number of hydrogen-bond acceptors (Lipinski definition) is 2. The first-order valence-corrected chi connectivity index (χ1v) is 6.28. The lowest BCUT2D eigenvalue weighted by Gasteiger charge is -2.01. The maximum absolute atomic E-state index is 4.49. The van der Waals surface area contributed by atoms with Crippen molar-refractivity contribution in [1.82, 2.24) is 4.98 Å². The van der Waals surface area contributed by atoms with Crippen LogP contribution in [0.1, 0.15) is 11.1 Å². The molecule has 0 spiro atoms. The first kappa shape index (κ1) is 11.6. The molecule has 92 valence electrons. The molecule has 0 atom stereocenters. The summed E-state index contributed by atoms with van der Waals surface area (Å²) in [5.74, 6) is 0.774. The average Bonchev–Trinajstić information content (AvgIpc) is 2.46. The van der Waals surface area contributed by atoms with E-state index in [4.69, 9.17) is 0 Å². The highest BCUT2D eigenvalue weighted by Gasteiger charge is 1.98. The number of rotatable bonds is 2. The van der Waals surface area contributed by atoms with Crippen LogP contribution in [0.4, 0.5) is 5.82 Å². The van der Waals surface area contributed by atoms with E-state index in [0.717, 1.165) is 16.9 Å². The minimum Gasteiger partial charge on any atom is -0.237 e. The summed E-state index contributed by atoms with van der Waals surface area (Å²) in [6.45, 7) is 2.02. The first-order valence-electron chi connectivity index (χ1n) is 6.28. The number of aryl methyl sites for hydroxylation is 1. The van der Waals surface area contributed by atoms with Crippen molar-refractivity contribution in [2.45, 2.75) is 6.92 Å². The van der Waals surface area contributed by atoms with Gasteiger partial charge in [0.15, 0.2) is 5.82 Å². The summed E-state index contributed by atoms with van der Waals surface area (Å²) in [6, 6.07) is 18.5. The van der Waals surface area contributed by atoms with Crippen molar-refractivity contribution >= 4 is 22.8 Å². The van der Waals surface area contributed by atoms with Crippen molar-refractivity contribution in [2.24, 2.45) is 4.99 Å². The molecule has 0 radical (unpaired) electrons. The largest absolute Gasteiger partial charge is 0.237 e. The van der Waals surface area contributed by atoms with Crippen LogP contribution >= 0.6 is 0 Å². The number of fused-ring (bicyclic) bond motifs is 1. The van der Waals surface area contributed by atoms with Gasteiger partial charge in [0.2, 0.25) is 0 Å². The zero-order chi connectivity index (χ0) is 13.1. The van der Waals surface area contributed by atoms with Crippen LogP contribution in [-0.2, 0) is 0 Å². The van der Waals surface area contributed by atoms with Crippen molar-refractivity contribution in [1.29, 1.82) is 0 Å². The summed E-state index contributed by atoms with van der Waals surface area (Å²) in [5, 5.41) is 2.44. The minimum atomic E-state index is 0.774. The third kappa shape index (κ3) is 2.38. The normalized spacial score (nSPS) is 11.2. The molecule has 0 aliphatic rings. The Balaban J connectivity index is 2.04. The lowest BCUT2D eigenvalue weighted by molar-refractivity contribution is 1.23. The van der Waals surface area contributed by atoms with Gasteiger partial charge in [0.1, 0.15) is 0 Å². The maximum Gasteiger partial charge on any atom is 0.154 e. The summed E-state index contributed by atoms with van der Waals surface area (Å²) >= 11 is 0. The van der Waals surface area contributed by atoms with Crippen LogP contribution in [-0.4, -0.2) is 11.2 Å². The van der Waals surface area contributed by atoms with E-state index in [9.17, 15) is 0 Å². The molecule has 0 aliphatic heterocycles. The zero-order valence-electron chi connectivity index (χ0n) is 10.7. The Kier molecular flexibility index (Phi) is 3.07. The highest BCUT2D eigenvalue weighted by atomic mass is 14.9. The van der Waals surface area contributed by atoms with Gasteiger partial charge in [-0.05, 0) is 29.3 Å². The lowest BCUT2D eigenvalue weighted by atomic mass is 10.1. The van der Waals surface area contributed by atoms with Gasteiger partial charge in [-0.1, -0.05) is 48.5 Å². The molecule has 2 nitrogen and oxygen atoms in total. The quantitative estimate of drug-likeness (QED) is 0.619. The van der Waals surface area contributed by atoms with Crippen LogP contribution in [0.25, 0.3) is 10.8 Å². The van der Waals surface area contributed by atoms with Crippen LogP contribution < -0.4 is 0 Å². The first-order chi connectivity index (χ1) is 9.34. The van der Waals surface area contributed by atoms with Gasteiger partial charge in [0.05, 0.1) is 0 Å². The molecule has 0 unspecified atom stereocenters. The topological polar surface area (TPSA) is 25.2 Å². The standard InChI is InChI=1S/C17H14N2/c1-13-6-5-11-18-17(13)19-12-15-9-4-8-14-7-2-3-10-16(14)15/h2-12H,1H3/b19-12+. The van der Waals surface area contributed by atoms with Gasteiger partial charge in [-0.25, -0.2) is 9.98 Å². The van der Waals surface area contributed by atoms with Crippen molar-refractivity contribution in [3.8, 4) is 0 Å². The Morgan fingerprint density at radius 2 is 1.79 bits per heavy atom. The number of benzene rings is 2. The highest BCUT2D eigenvalue weighted by Crippen LogP contribution is 2.18. The van der Waals surface area contributed by atoms with E-state index in [1.54, 1.807) is 6.20 Å². The Labute approximate surface area is 112 Å². The van der Waals surface area contributed by atoms with Crippen molar-refractivity contribution in [2.75, 3.05) is 0 Å². The molecule has 2 heteroatoms. The Hall–Kier alpha value is -2.48. The molecule has 0 amide bonds. The number of nitrogens with zero attached hydrogens (tertiary/aromatic N) is 2. The molecule has 0 saturated heterocycles. The van der Waals surface area contributed by atoms with E-state index in [0.29, 0.717) is 0 Å². The van der Waals surface area contributed by atoms with Gasteiger partial charge < -0.3 is 0 Å². The van der Waals surface area contributed by atoms with E-state index in [1.165, 1.54) is 10.8 Å². The molecule has 0 saturated carbocycles. The number of hydrogen-bond donors (Lipinski definition) is 0. The Bertz CT molecular complexity index is 740. The lowest BCUT2D eigenvalue weighted by Crippen LogP contribution is -1.85. The zero-order valence-corrected chi connectivity index (χ0v) is 10.7. The van der Waals surface area contributed by atoms with Crippen LogP contribution in [0, 0.1) is 6.92 Å². The number of aromatic nitrogens is 1. The molecular weight excluding hydrogens is 232 g/mol. The second-order valence-electron chi connectivity index (χ2n) is 4.47. The monoisotopic (exact) mass is 246 g/mol. The van der Waals surface area contributed by atoms with E-state index in [2.05, 4.69) is 40.3 Å². The molecule has 1 aromatic heterocycles. The van der Waals surface area contributed by atoms with Crippen molar-refractivity contribution in [3.05, 3.63) is 71.9 Å². The summed E-state index contributed by atoms with van der Waals surface area (Å²) < 4.78 is 0. The van der Waals surface area contributed by atoms with E-state index < -0.39 is 0 Å². The third-order valence-electron chi connectivity index (χ3n) is 3.13. The summed E-state index contributed by atoms with van der Waals surface area (Å²) in [4.78, 5) is 8.77. The Morgan fingerprint density at radius 3 is 2.68 bits per heavy atom. The minimum absolute atomic E-state index is 0.774. The van der Waals surface area contributed by atoms with Gasteiger partial charge in [0, 0.05) is 18.0 Å². The van der Waals surface area contributed by atoms with Gasteiger partial charge in [-0.15, -0.1) is 0 Å². The number of aliphatic imine (C=N–C) groups is 1. The number of pyridine rings is 1. The van der Waals surface area contributed by atoms with Gasteiger partial charge in [-0.2, -0.15) is 0 Å².